The van der Waals surface area contributed by atoms with Crippen molar-refractivity contribution in [3.63, 3.8) is 0 Å². The van der Waals surface area contributed by atoms with Crippen molar-refractivity contribution in [2.24, 2.45) is 5.73 Å². The van der Waals surface area contributed by atoms with Crippen LogP contribution in [-0.2, 0) is 6.42 Å². The maximum atomic E-state index is 6.48. The molecule has 3 aromatic rings. The average Bonchev–Trinajstić information content (AvgIpc) is 2.48. The summed E-state index contributed by atoms with van der Waals surface area (Å²) in [6.07, 6.45) is 0.854. The van der Waals surface area contributed by atoms with Crippen LogP contribution in [0.15, 0.2) is 65.1 Å². The van der Waals surface area contributed by atoms with Gasteiger partial charge in [0.2, 0.25) is 0 Å². The predicted molar refractivity (Wildman–Crippen MR) is 93.5 cm³/mol. The van der Waals surface area contributed by atoms with Gasteiger partial charge in [-0.3, -0.25) is 0 Å². The molecule has 1 atom stereocenters. The van der Waals surface area contributed by atoms with Crippen LogP contribution in [0, 0.1) is 6.92 Å². The number of benzene rings is 3. The highest BCUT2D eigenvalue weighted by Crippen LogP contribution is 2.30. The van der Waals surface area contributed by atoms with Gasteiger partial charge in [-0.1, -0.05) is 76.1 Å². The molecule has 1 unspecified atom stereocenters. The quantitative estimate of drug-likeness (QED) is 0.701. The average molecular weight is 340 g/mol. The molecule has 0 radical (unpaired) electrons. The number of hydrogen-bond donors (Lipinski definition) is 1. The molecule has 3 rings (SSSR count). The zero-order valence-electron chi connectivity index (χ0n) is 12.0. The number of aryl methyl sites for hydroxylation is 1. The first kappa shape index (κ1) is 14.3. The molecule has 0 aliphatic carbocycles. The van der Waals surface area contributed by atoms with Gasteiger partial charge in [0.05, 0.1) is 0 Å². The van der Waals surface area contributed by atoms with Crippen molar-refractivity contribution >= 4 is 26.7 Å². The Labute approximate surface area is 133 Å². The lowest BCUT2D eigenvalue weighted by Crippen LogP contribution is -2.14. The van der Waals surface area contributed by atoms with E-state index in [0.29, 0.717) is 0 Å². The minimum atomic E-state index is 0.00444. The molecule has 0 amide bonds. The van der Waals surface area contributed by atoms with Crippen LogP contribution < -0.4 is 5.73 Å². The third-order valence-corrected chi connectivity index (χ3v) is 4.53. The standard InChI is InChI=1S/C19H18BrN/c1-13-5-4-6-14(11-13)12-19(21)17-9-10-18(20)16-8-3-2-7-15(16)17/h2-11,19H,12,21H2,1H3. The molecule has 0 aliphatic rings. The van der Waals surface area contributed by atoms with E-state index in [1.807, 2.05) is 0 Å². The second-order valence-corrected chi connectivity index (χ2v) is 6.34. The van der Waals surface area contributed by atoms with Crippen LogP contribution in [0.25, 0.3) is 10.8 Å². The zero-order valence-corrected chi connectivity index (χ0v) is 13.6. The molecule has 21 heavy (non-hydrogen) atoms. The molecule has 0 bridgehead atoms. The van der Waals surface area contributed by atoms with Crippen LogP contribution in [0.3, 0.4) is 0 Å². The van der Waals surface area contributed by atoms with Crippen molar-refractivity contribution in [2.75, 3.05) is 0 Å². The SMILES string of the molecule is Cc1cccc(CC(N)c2ccc(Br)c3ccccc23)c1. The highest BCUT2D eigenvalue weighted by Gasteiger charge is 2.12. The highest BCUT2D eigenvalue weighted by molar-refractivity contribution is 9.10. The summed E-state index contributed by atoms with van der Waals surface area (Å²) in [7, 11) is 0. The molecular formula is C19H18BrN. The largest absolute Gasteiger partial charge is 0.324 e. The molecule has 0 heterocycles. The van der Waals surface area contributed by atoms with Crippen LogP contribution in [0.5, 0.6) is 0 Å². The maximum Gasteiger partial charge on any atom is 0.0341 e. The summed E-state index contributed by atoms with van der Waals surface area (Å²) >= 11 is 3.62. The number of halogens is 1. The number of fused-ring (bicyclic) bond motifs is 1. The Hall–Kier alpha value is -1.64. The minimum absolute atomic E-state index is 0.00444. The maximum absolute atomic E-state index is 6.48. The fourth-order valence-electron chi connectivity index (χ4n) is 2.81. The molecule has 0 saturated carbocycles. The van der Waals surface area contributed by atoms with E-state index in [9.17, 15) is 0 Å². The molecule has 0 aliphatic heterocycles. The van der Waals surface area contributed by atoms with Crippen molar-refractivity contribution in [3.05, 3.63) is 81.8 Å². The normalized spacial score (nSPS) is 12.5. The molecule has 0 aromatic heterocycles. The lowest BCUT2D eigenvalue weighted by atomic mass is 9.94. The Bertz CT molecular complexity index is 779. The number of nitrogens with two attached hydrogens (primary N) is 1. The first-order chi connectivity index (χ1) is 10.1. The third-order valence-electron chi connectivity index (χ3n) is 3.84. The molecule has 106 valence electrons. The van der Waals surface area contributed by atoms with Crippen LogP contribution in [0.4, 0.5) is 0 Å². The van der Waals surface area contributed by atoms with Gasteiger partial charge >= 0.3 is 0 Å². The fraction of sp³-hybridized carbons (Fsp3) is 0.158. The molecule has 2 N–H and O–H groups in total. The minimum Gasteiger partial charge on any atom is -0.324 e. The molecule has 3 aromatic carbocycles. The molecule has 0 saturated heterocycles. The Morgan fingerprint density at radius 1 is 0.952 bits per heavy atom. The number of hydrogen-bond acceptors (Lipinski definition) is 1. The Morgan fingerprint density at radius 2 is 1.71 bits per heavy atom. The van der Waals surface area contributed by atoms with E-state index in [1.54, 1.807) is 0 Å². The summed E-state index contributed by atoms with van der Waals surface area (Å²) in [5.74, 6) is 0. The second-order valence-electron chi connectivity index (χ2n) is 5.48. The number of rotatable bonds is 3. The van der Waals surface area contributed by atoms with E-state index in [4.69, 9.17) is 5.73 Å². The Balaban J connectivity index is 1.98. The van der Waals surface area contributed by atoms with Gasteiger partial charge in [-0.05, 0) is 41.3 Å². The summed E-state index contributed by atoms with van der Waals surface area (Å²) in [5.41, 5.74) is 10.2. The molecule has 1 nitrogen and oxygen atoms in total. The Kier molecular flexibility index (Phi) is 4.09. The third kappa shape index (κ3) is 3.02. The van der Waals surface area contributed by atoms with E-state index >= 15 is 0 Å². The smallest absolute Gasteiger partial charge is 0.0341 e. The lowest BCUT2D eigenvalue weighted by molar-refractivity contribution is 0.727. The van der Waals surface area contributed by atoms with E-state index in [-0.39, 0.29) is 6.04 Å². The van der Waals surface area contributed by atoms with E-state index in [0.717, 1.165) is 10.9 Å². The van der Waals surface area contributed by atoms with Gasteiger partial charge in [0, 0.05) is 10.5 Å². The van der Waals surface area contributed by atoms with Crippen molar-refractivity contribution in [1.29, 1.82) is 0 Å². The summed E-state index contributed by atoms with van der Waals surface area (Å²) in [6.45, 7) is 2.12. The topological polar surface area (TPSA) is 26.0 Å². The molecule has 0 fully saturated rings. The monoisotopic (exact) mass is 339 g/mol. The fourth-order valence-corrected chi connectivity index (χ4v) is 3.29. The Morgan fingerprint density at radius 3 is 2.48 bits per heavy atom. The lowest BCUT2D eigenvalue weighted by Gasteiger charge is -2.16. The van der Waals surface area contributed by atoms with Crippen molar-refractivity contribution in [1.82, 2.24) is 0 Å². The van der Waals surface area contributed by atoms with Gasteiger partial charge in [-0.2, -0.15) is 0 Å². The van der Waals surface area contributed by atoms with Crippen LogP contribution >= 0.6 is 15.9 Å². The summed E-state index contributed by atoms with van der Waals surface area (Å²) in [6, 6.07) is 21.2. The molecule has 2 heteroatoms. The molecule has 0 spiro atoms. The summed E-state index contributed by atoms with van der Waals surface area (Å²) in [5, 5.41) is 2.45. The first-order valence-electron chi connectivity index (χ1n) is 7.13. The summed E-state index contributed by atoms with van der Waals surface area (Å²) < 4.78 is 1.12. The highest BCUT2D eigenvalue weighted by atomic mass is 79.9. The van der Waals surface area contributed by atoms with Gasteiger partial charge in [-0.25, -0.2) is 0 Å². The van der Waals surface area contributed by atoms with Gasteiger partial charge < -0.3 is 5.73 Å². The summed E-state index contributed by atoms with van der Waals surface area (Å²) in [4.78, 5) is 0. The van der Waals surface area contributed by atoms with Crippen molar-refractivity contribution < 1.29 is 0 Å². The van der Waals surface area contributed by atoms with Gasteiger partial charge in [0.1, 0.15) is 0 Å². The van der Waals surface area contributed by atoms with Crippen LogP contribution in [-0.4, -0.2) is 0 Å². The van der Waals surface area contributed by atoms with E-state index < -0.39 is 0 Å². The van der Waals surface area contributed by atoms with E-state index in [1.165, 1.54) is 27.5 Å². The first-order valence-corrected chi connectivity index (χ1v) is 7.93. The van der Waals surface area contributed by atoms with Crippen LogP contribution in [0.1, 0.15) is 22.7 Å². The zero-order chi connectivity index (χ0) is 14.8. The predicted octanol–water partition coefficient (Wildman–Crippen LogP) is 5.15. The van der Waals surface area contributed by atoms with E-state index in [2.05, 4.69) is 83.5 Å². The van der Waals surface area contributed by atoms with Crippen LogP contribution in [0.2, 0.25) is 0 Å². The van der Waals surface area contributed by atoms with Crippen molar-refractivity contribution in [3.8, 4) is 0 Å². The van der Waals surface area contributed by atoms with Gasteiger partial charge in [0.15, 0.2) is 0 Å². The van der Waals surface area contributed by atoms with Gasteiger partial charge in [-0.15, -0.1) is 0 Å². The van der Waals surface area contributed by atoms with Crippen molar-refractivity contribution in [2.45, 2.75) is 19.4 Å². The second kappa shape index (κ2) is 6.00. The van der Waals surface area contributed by atoms with Gasteiger partial charge in [0.25, 0.3) is 0 Å². The molecular weight excluding hydrogens is 322 g/mol.